The summed E-state index contributed by atoms with van der Waals surface area (Å²) in [7, 11) is 1.35. The topological polar surface area (TPSA) is 115 Å². The molecule has 1 N–H and O–H groups in total. The molecule has 1 aliphatic carbocycles. The lowest BCUT2D eigenvalue weighted by Crippen LogP contribution is -2.52. The molecule has 220 valence electrons. The van der Waals surface area contributed by atoms with Crippen LogP contribution in [0.5, 0.6) is 0 Å². The maximum Gasteiger partial charge on any atom is 0.265 e. The van der Waals surface area contributed by atoms with E-state index in [2.05, 4.69) is 48.1 Å². The predicted molar refractivity (Wildman–Crippen MR) is 159 cm³/mol. The molecule has 4 aliphatic rings. The van der Waals surface area contributed by atoms with Gasteiger partial charge in [0.25, 0.3) is 5.91 Å². The van der Waals surface area contributed by atoms with Gasteiger partial charge in [-0.3, -0.25) is 9.69 Å². The van der Waals surface area contributed by atoms with Crippen LogP contribution in [0.2, 0.25) is 0 Å². The fraction of sp³-hybridized carbons (Fsp3) is 0.586. The number of fused-ring (bicyclic) bond motifs is 1. The molecular formula is C29H40N8O3S. The number of hydrogen-bond donors (Lipinski definition) is 1. The van der Waals surface area contributed by atoms with Gasteiger partial charge < -0.3 is 20.0 Å². The molecule has 3 aliphatic heterocycles. The average Bonchev–Trinajstić information content (AvgIpc) is 3.58. The zero-order valence-corrected chi connectivity index (χ0v) is 25.0. The van der Waals surface area contributed by atoms with E-state index in [0.717, 1.165) is 83.5 Å². The zero-order chi connectivity index (χ0) is 28.7. The third kappa shape index (κ3) is 5.44. The summed E-state index contributed by atoms with van der Waals surface area (Å²) in [5.74, 6) is 0.328. The lowest BCUT2D eigenvalue weighted by Gasteiger charge is -2.42. The van der Waals surface area contributed by atoms with Crippen LogP contribution in [0, 0.1) is 5.92 Å². The number of allylic oxidation sites excluding steroid dienone is 1. The second-order valence-electron chi connectivity index (χ2n) is 11.9. The molecule has 6 rings (SSSR count). The van der Waals surface area contributed by atoms with Crippen molar-refractivity contribution in [2.75, 3.05) is 70.6 Å². The number of aromatic nitrogens is 3. The zero-order valence-electron chi connectivity index (χ0n) is 24.2. The molecule has 0 atom stereocenters. The fourth-order valence-electron chi connectivity index (χ4n) is 6.65. The van der Waals surface area contributed by atoms with Crippen LogP contribution in [0.4, 0.5) is 17.5 Å². The standard InChI is InChI=1S/C29H40N8O3S/c1-34(2)28(38)27-25(20-6-4-5-7-20)26-23(41(27,39)40)19-31-29(33-26)32-24-9-8-22(18-30-24)36-12-10-21(11-13-36)37-16-14-35(3)15-17-37/h8-9,18-21H,4-7,10-17H2,1-3H3,(H,30,31,32,33). The highest BCUT2D eigenvalue weighted by molar-refractivity contribution is 7.97. The van der Waals surface area contributed by atoms with Crippen LogP contribution in [-0.4, -0.2) is 110 Å². The minimum Gasteiger partial charge on any atom is -0.370 e. The first kappa shape index (κ1) is 28.0. The number of nitrogens with one attached hydrogen (secondary N) is 1. The Morgan fingerprint density at radius 1 is 0.951 bits per heavy atom. The molecule has 0 aromatic carbocycles. The minimum absolute atomic E-state index is 0.00882. The third-order valence-corrected chi connectivity index (χ3v) is 10.9. The molecule has 0 bridgehead atoms. The summed E-state index contributed by atoms with van der Waals surface area (Å²) in [6.07, 6.45) is 9.21. The third-order valence-electron chi connectivity index (χ3n) is 9.05. The van der Waals surface area contributed by atoms with Crippen molar-refractivity contribution < 1.29 is 13.2 Å². The Kier molecular flexibility index (Phi) is 7.73. The second-order valence-corrected chi connectivity index (χ2v) is 13.8. The first-order valence-electron chi connectivity index (χ1n) is 14.7. The molecule has 5 heterocycles. The molecule has 12 heteroatoms. The van der Waals surface area contributed by atoms with Gasteiger partial charge in [0.2, 0.25) is 15.8 Å². The Labute approximate surface area is 242 Å². The summed E-state index contributed by atoms with van der Waals surface area (Å²) in [5, 5.41) is 3.15. The molecule has 1 amide bonds. The van der Waals surface area contributed by atoms with Gasteiger partial charge in [0.1, 0.15) is 15.6 Å². The van der Waals surface area contributed by atoms with Crippen molar-refractivity contribution in [2.24, 2.45) is 5.92 Å². The van der Waals surface area contributed by atoms with Gasteiger partial charge in [0.15, 0.2) is 0 Å². The van der Waals surface area contributed by atoms with E-state index in [9.17, 15) is 13.2 Å². The van der Waals surface area contributed by atoms with Crippen molar-refractivity contribution in [2.45, 2.75) is 49.5 Å². The maximum absolute atomic E-state index is 13.5. The minimum atomic E-state index is -3.99. The number of rotatable bonds is 6. The number of carbonyl (C=O) groups is 1. The van der Waals surface area contributed by atoms with E-state index in [1.807, 2.05) is 12.3 Å². The van der Waals surface area contributed by atoms with E-state index in [1.54, 1.807) is 14.1 Å². The molecule has 3 fully saturated rings. The van der Waals surface area contributed by atoms with E-state index in [1.165, 1.54) is 11.1 Å². The van der Waals surface area contributed by atoms with Gasteiger partial charge in [0, 0.05) is 65.0 Å². The Balaban J connectivity index is 1.17. The molecule has 0 radical (unpaired) electrons. The number of sulfone groups is 1. The highest BCUT2D eigenvalue weighted by Gasteiger charge is 2.45. The lowest BCUT2D eigenvalue weighted by molar-refractivity contribution is -0.123. The second kappa shape index (κ2) is 11.3. The van der Waals surface area contributed by atoms with Gasteiger partial charge in [-0.1, -0.05) is 12.8 Å². The molecule has 2 aromatic rings. The molecule has 2 aromatic heterocycles. The SMILES string of the molecule is CN1CCN(C2CCN(c3ccc(Nc4ncc5c(n4)C(C4CCCC4)=C(C(=O)N(C)C)S5(=O)=O)nc3)CC2)CC1. The molecule has 0 spiro atoms. The summed E-state index contributed by atoms with van der Waals surface area (Å²) in [6.45, 7) is 6.64. The Hall–Kier alpha value is -3.09. The summed E-state index contributed by atoms with van der Waals surface area (Å²) < 4.78 is 26.9. The number of nitrogens with zero attached hydrogens (tertiary/aromatic N) is 7. The van der Waals surface area contributed by atoms with Gasteiger partial charge in [-0.25, -0.2) is 23.4 Å². The van der Waals surface area contributed by atoms with Crippen molar-refractivity contribution in [1.82, 2.24) is 29.7 Å². The van der Waals surface area contributed by atoms with E-state index < -0.39 is 15.7 Å². The number of carbonyl (C=O) groups excluding carboxylic acids is 1. The number of hydrogen-bond acceptors (Lipinski definition) is 10. The quantitative estimate of drug-likeness (QED) is 0.547. The number of amides is 1. The van der Waals surface area contributed by atoms with Gasteiger partial charge in [0.05, 0.1) is 23.8 Å². The average molecular weight is 581 g/mol. The van der Waals surface area contributed by atoms with Crippen molar-refractivity contribution in [3.8, 4) is 0 Å². The Morgan fingerprint density at radius 3 is 2.29 bits per heavy atom. The summed E-state index contributed by atoms with van der Waals surface area (Å²) in [4.78, 5) is 35.2. The van der Waals surface area contributed by atoms with Crippen LogP contribution in [0.3, 0.4) is 0 Å². The van der Waals surface area contributed by atoms with Crippen LogP contribution in [-0.2, 0) is 14.6 Å². The number of likely N-dealkylation sites (N-methyl/N-ethyl adjacent to an activating group) is 2. The molecule has 2 saturated heterocycles. The number of anilines is 3. The van der Waals surface area contributed by atoms with E-state index >= 15 is 0 Å². The molecule has 1 saturated carbocycles. The maximum atomic E-state index is 13.5. The lowest BCUT2D eigenvalue weighted by atomic mass is 9.94. The van der Waals surface area contributed by atoms with Crippen LogP contribution < -0.4 is 10.2 Å². The van der Waals surface area contributed by atoms with Gasteiger partial charge in [-0.15, -0.1) is 0 Å². The van der Waals surface area contributed by atoms with Gasteiger partial charge in [-0.2, -0.15) is 0 Å². The van der Waals surface area contributed by atoms with Crippen molar-refractivity contribution >= 4 is 38.8 Å². The summed E-state index contributed by atoms with van der Waals surface area (Å²) in [6, 6.07) is 4.62. The smallest absolute Gasteiger partial charge is 0.265 e. The first-order valence-corrected chi connectivity index (χ1v) is 16.2. The van der Waals surface area contributed by atoms with E-state index in [0.29, 0.717) is 23.1 Å². The van der Waals surface area contributed by atoms with Crippen LogP contribution >= 0.6 is 0 Å². The largest absolute Gasteiger partial charge is 0.370 e. The van der Waals surface area contributed by atoms with E-state index in [-0.39, 0.29) is 21.7 Å². The number of pyridine rings is 1. The van der Waals surface area contributed by atoms with Crippen LogP contribution in [0.15, 0.2) is 34.3 Å². The Bertz CT molecular complexity index is 1420. The van der Waals surface area contributed by atoms with Gasteiger partial charge >= 0.3 is 0 Å². The predicted octanol–water partition coefficient (Wildman–Crippen LogP) is 2.61. The van der Waals surface area contributed by atoms with Crippen molar-refractivity contribution in [3.63, 3.8) is 0 Å². The highest BCUT2D eigenvalue weighted by Crippen LogP contribution is 2.47. The molecule has 11 nitrogen and oxygen atoms in total. The van der Waals surface area contributed by atoms with Crippen molar-refractivity contribution in [1.29, 1.82) is 0 Å². The number of piperazine rings is 1. The monoisotopic (exact) mass is 580 g/mol. The van der Waals surface area contributed by atoms with E-state index in [4.69, 9.17) is 0 Å². The normalized spacial score (nSPS) is 22.3. The van der Waals surface area contributed by atoms with Crippen molar-refractivity contribution in [3.05, 3.63) is 35.1 Å². The molecule has 41 heavy (non-hydrogen) atoms. The van der Waals surface area contributed by atoms with Crippen LogP contribution in [0.1, 0.15) is 44.2 Å². The molecular weight excluding hydrogens is 540 g/mol. The Morgan fingerprint density at radius 2 is 1.66 bits per heavy atom. The highest BCUT2D eigenvalue weighted by atomic mass is 32.2. The first-order chi connectivity index (χ1) is 19.7. The van der Waals surface area contributed by atoms with Crippen LogP contribution in [0.25, 0.3) is 5.57 Å². The van der Waals surface area contributed by atoms with Gasteiger partial charge in [-0.05, 0) is 50.8 Å². The number of piperidine rings is 1. The fourth-order valence-corrected chi connectivity index (χ4v) is 8.43. The molecule has 0 unspecified atom stereocenters. The summed E-state index contributed by atoms with van der Waals surface area (Å²) in [5.41, 5.74) is 1.98. The summed E-state index contributed by atoms with van der Waals surface area (Å²) >= 11 is 0.